The highest BCUT2D eigenvalue weighted by Gasteiger charge is 2.13. The van der Waals surface area contributed by atoms with Crippen LogP contribution in [0.5, 0.6) is 0 Å². The van der Waals surface area contributed by atoms with E-state index in [1.54, 1.807) is 11.8 Å². The van der Waals surface area contributed by atoms with E-state index in [4.69, 9.17) is 0 Å². The van der Waals surface area contributed by atoms with Crippen LogP contribution in [0.2, 0.25) is 0 Å². The van der Waals surface area contributed by atoms with Crippen molar-refractivity contribution in [3.63, 3.8) is 0 Å². The average Bonchev–Trinajstić information content (AvgIpc) is 2.59. The molecule has 5 nitrogen and oxygen atoms in total. The molecule has 2 heterocycles. The highest BCUT2D eigenvalue weighted by atomic mass is 32.2. The lowest BCUT2D eigenvalue weighted by molar-refractivity contribution is 0.763. The van der Waals surface area contributed by atoms with Crippen molar-refractivity contribution >= 4 is 17.6 Å². The molecule has 0 bridgehead atoms. The number of thioether (sulfide) groups is 1. The number of aryl methyl sites for hydroxylation is 4. The van der Waals surface area contributed by atoms with Gasteiger partial charge >= 0.3 is 0 Å². The third-order valence-corrected chi connectivity index (χ3v) is 3.76. The van der Waals surface area contributed by atoms with Crippen LogP contribution in [-0.4, -0.2) is 26.8 Å². The van der Waals surface area contributed by atoms with Crippen LogP contribution in [0, 0.1) is 20.8 Å². The van der Waals surface area contributed by atoms with Gasteiger partial charge in [-0.3, -0.25) is 4.68 Å². The molecule has 0 fully saturated rings. The van der Waals surface area contributed by atoms with Crippen LogP contribution < -0.4 is 5.32 Å². The van der Waals surface area contributed by atoms with Crippen molar-refractivity contribution in [3.05, 3.63) is 28.7 Å². The van der Waals surface area contributed by atoms with Crippen LogP contribution in [0.25, 0.3) is 0 Å². The maximum Gasteiger partial charge on any atom is 0.188 e. The summed E-state index contributed by atoms with van der Waals surface area (Å²) in [7, 11) is 3.86. The molecule has 0 amide bonds. The Balaban J connectivity index is 2.18. The lowest BCUT2D eigenvalue weighted by Crippen LogP contribution is -2.00. The van der Waals surface area contributed by atoms with Crippen LogP contribution in [0.4, 0.5) is 5.82 Å². The molecule has 0 saturated heterocycles. The number of nitrogens with one attached hydrogen (secondary N) is 1. The van der Waals surface area contributed by atoms with E-state index in [1.165, 1.54) is 5.56 Å². The first-order valence-corrected chi connectivity index (χ1v) is 7.15. The average molecular weight is 277 g/mol. The third-order valence-electron chi connectivity index (χ3n) is 2.89. The zero-order valence-electron chi connectivity index (χ0n) is 12.0. The Kier molecular flexibility index (Phi) is 4.09. The van der Waals surface area contributed by atoms with Crippen molar-refractivity contribution in [2.45, 2.75) is 31.7 Å². The SMILES string of the molecule is CNc1c(CSc2nc(C)cc(C)n2)c(C)nn1C. The number of anilines is 1. The van der Waals surface area contributed by atoms with Crippen molar-refractivity contribution in [2.24, 2.45) is 7.05 Å². The normalized spacial score (nSPS) is 10.8. The van der Waals surface area contributed by atoms with Gasteiger partial charge < -0.3 is 5.32 Å². The summed E-state index contributed by atoms with van der Waals surface area (Å²) in [4.78, 5) is 8.89. The summed E-state index contributed by atoms with van der Waals surface area (Å²) in [6.07, 6.45) is 0. The number of nitrogens with zero attached hydrogens (tertiary/aromatic N) is 4. The van der Waals surface area contributed by atoms with Crippen molar-refractivity contribution < 1.29 is 0 Å². The predicted octanol–water partition coefficient (Wildman–Crippen LogP) is 2.47. The maximum absolute atomic E-state index is 4.45. The molecule has 19 heavy (non-hydrogen) atoms. The lowest BCUT2D eigenvalue weighted by Gasteiger charge is -2.06. The first-order chi connectivity index (χ1) is 9.01. The van der Waals surface area contributed by atoms with Crippen LogP contribution in [0.1, 0.15) is 22.6 Å². The Morgan fingerprint density at radius 1 is 1.21 bits per heavy atom. The fourth-order valence-corrected chi connectivity index (χ4v) is 3.12. The second-order valence-electron chi connectivity index (χ2n) is 4.51. The van der Waals surface area contributed by atoms with E-state index < -0.39 is 0 Å². The fraction of sp³-hybridized carbons (Fsp3) is 0.462. The lowest BCUT2D eigenvalue weighted by atomic mass is 10.3. The van der Waals surface area contributed by atoms with Crippen molar-refractivity contribution in [1.29, 1.82) is 0 Å². The maximum atomic E-state index is 4.45. The van der Waals surface area contributed by atoms with Crippen LogP contribution in [0.3, 0.4) is 0 Å². The van der Waals surface area contributed by atoms with Gasteiger partial charge in [0.25, 0.3) is 0 Å². The molecule has 0 aliphatic heterocycles. The Morgan fingerprint density at radius 2 is 1.84 bits per heavy atom. The van der Waals surface area contributed by atoms with E-state index in [0.717, 1.165) is 33.8 Å². The summed E-state index contributed by atoms with van der Waals surface area (Å²) in [6.45, 7) is 6.01. The molecular weight excluding hydrogens is 258 g/mol. The summed E-state index contributed by atoms with van der Waals surface area (Å²) >= 11 is 1.64. The Labute approximate surface area is 117 Å². The first-order valence-electron chi connectivity index (χ1n) is 6.16. The van der Waals surface area contributed by atoms with E-state index in [9.17, 15) is 0 Å². The summed E-state index contributed by atoms with van der Waals surface area (Å²) in [6, 6.07) is 1.98. The molecule has 2 aromatic rings. The van der Waals surface area contributed by atoms with Gasteiger partial charge in [-0.25, -0.2) is 9.97 Å². The molecule has 0 spiro atoms. The standard InChI is InChI=1S/C13H19N5S/c1-8-6-9(2)16-13(15-8)19-7-11-10(3)17-18(5)12(11)14-4/h6,14H,7H2,1-5H3. The van der Waals surface area contributed by atoms with Gasteiger partial charge in [0.2, 0.25) is 0 Å². The Bertz CT molecular complexity index is 571. The minimum atomic E-state index is 0.818. The summed E-state index contributed by atoms with van der Waals surface area (Å²) in [5.41, 5.74) is 4.26. The van der Waals surface area contributed by atoms with Gasteiger partial charge in [-0.1, -0.05) is 11.8 Å². The Morgan fingerprint density at radius 3 is 2.42 bits per heavy atom. The molecular formula is C13H19N5S. The minimum Gasteiger partial charge on any atom is -0.373 e. The second kappa shape index (κ2) is 5.61. The minimum absolute atomic E-state index is 0.818. The molecule has 6 heteroatoms. The van der Waals surface area contributed by atoms with Gasteiger partial charge in [0.05, 0.1) is 5.69 Å². The van der Waals surface area contributed by atoms with Gasteiger partial charge in [-0.2, -0.15) is 5.10 Å². The van der Waals surface area contributed by atoms with Crippen LogP contribution in [-0.2, 0) is 12.8 Å². The van der Waals surface area contributed by atoms with Crippen molar-refractivity contribution in [2.75, 3.05) is 12.4 Å². The van der Waals surface area contributed by atoms with Gasteiger partial charge in [0.1, 0.15) is 5.82 Å². The van der Waals surface area contributed by atoms with Gasteiger partial charge in [-0.15, -0.1) is 0 Å². The number of hydrogen-bond donors (Lipinski definition) is 1. The molecule has 0 aliphatic rings. The number of aromatic nitrogens is 4. The molecule has 0 radical (unpaired) electrons. The fourth-order valence-electron chi connectivity index (χ4n) is 2.08. The predicted molar refractivity (Wildman–Crippen MR) is 78.6 cm³/mol. The summed E-state index contributed by atoms with van der Waals surface area (Å²) < 4.78 is 1.87. The molecule has 0 aromatic carbocycles. The molecule has 0 atom stereocenters. The molecule has 0 unspecified atom stereocenters. The number of rotatable bonds is 4. The molecule has 102 valence electrons. The zero-order valence-corrected chi connectivity index (χ0v) is 12.8. The monoisotopic (exact) mass is 277 g/mol. The second-order valence-corrected chi connectivity index (χ2v) is 5.45. The highest BCUT2D eigenvalue weighted by Crippen LogP contribution is 2.26. The van der Waals surface area contributed by atoms with Crippen LogP contribution in [0.15, 0.2) is 11.2 Å². The van der Waals surface area contributed by atoms with Gasteiger partial charge in [0, 0.05) is 36.8 Å². The largest absolute Gasteiger partial charge is 0.373 e. The third kappa shape index (κ3) is 3.07. The molecule has 2 aromatic heterocycles. The van der Waals surface area contributed by atoms with Crippen LogP contribution >= 0.6 is 11.8 Å². The number of hydrogen-bond acceptors (Lipinski definition) is 5. The van der Waals surface area contributed by atoms with Gasteiger partial charge in [-0.05, 0) is 26.8 Å². The zero-order chi connectivity index (χ0) is 14.0. The van der Waals surface area contributed by atoms with E-state index >= 15 is 0 Å². The van der Waals surface area contributed by atoms with E-state index in [1.807, 2.05) is 45.6 Å². The molecule has 2 rings (SSSR count). The summed E-state index contributed by atoms with van der Waals surface area (Å²) in [5.74, 6) is 1.87. The molecule has 1 N–H and O–H groups in total. The summed E-state index contributed by atoms with van der Waals surface area (Å²) in [5, 5.41) is 8.44. The first kappa shape index (κ1) is 13.9. The Hall–Kier alpha value is -1.56. The quantitative estimate of drug-likeness (QED) is 0.687. The van der Waals surface area contributed by atoms with E-state index in [2.05, 4.69) is 20.4 Å². The van der Waals surface area contributed by atoms with Crippen molar-refractivity contribution in [1.82, 2.24) is 19.7 Å². The van der Waals surface area contributed by atoms with E-state index in [0.29, 0.717) is 0 Å². The molecule has 0 saturated carbocycles. The highest BCUT2D eigenvalue weighted by molar-refractivity contribution is 7.98. The molecule has 0 aliphatic carbocycles. The topological polar surface area (TPSA) is 55.6 Å². The van der Waals surface area contributed by atoms with Crippen molar-refractivity contribution in [3.8, 4) is 0 Å². The van der Waals surface area contributed by atoms with E-state index in [-0.39, 0.29) is 0 Å². The van der Waals surface area contributed by atoms with Gasteiger partial charge in [0.15, 0.2) is 5.16 Å². The smallest absolute Gasteiger partial charge is 0.188 e.